The van der Waals surface area contributed by atoms with Gasteiger partial charge in [-0.15, -0.1) is 0 Å². The lowest BCUT2D eigenvalue weighted by Crippen LogP contribution is -2.19. The normalized spacial score (nSPS) is 13.1. The van der Waals surface area contributed by atoms with E-state index in [1.165, 1.54) is 0 Å². The van der Waals surface area contributed by atoms with Crippen LogP contribution in [0.1, 0.15) is 39.1 Å². The number of nitrogens with zero attached hydrogens (tertiary/aromatic N) is 2. The van der Waals surface area contributed by atoms with Crippen molar-refractivity contribution in [2.75, 3.05) is 0 Å². The molecule has 20 heavy (non-hydrogen) atoms. The molecular weight excluding hydrogens is 270 g/mol. The first-order valence-corrected chi connectivity index (χ1v) is 7.32. The smallest absolute Gasteiger partial charge is 0.127 e. The zero-order valence-corrected chi connectivity index (χ0v) is 13.1. The Kier molecular flexibility index (Phi) is 4.51. The van der Waals surface area contributed by atoms with E-state index in [1.54, 1.807) is 0 Å². The molecule has 0 aliphatic rings. The monoisotopic (exact) mass is 291 g/mol. The van der Waals surface area contributed by atoms with E-state index in [4.69, 9.17) is 22.3 Å². The van der Waals surface area contributed by atoms with Crippen LogP contribution in [0.2, 0.25) is 5.02 Å². The highest BCUT2D eigenvalue weighted by Crippen LogP contribution is 2.26. The zero-order valence-electron chi connectivity index (χ0n) is 12.4. The number of nitrogens with two attached hydrogens (primary N) is 1. The summed E-state index contributed by atoms with van der Waals surface area (Å²) >= 11 is 6.05. The van der Waals surface area contributed by atoms with Gasteiger partial charge in [0, 0.05) is 11.6 Å². The minimum absolute atomic E-state index is 0.0690. The van der Waals surface area contributed by atoms with Crippen LogP contribution >= 0.6 is 11.6 Å². The highest BCUT2D eigenvalue weighted by Gasteiger charge is 2.18. The van der Waals surface area contributed by atoms with Crippen molar-refractivity contribution in [2.24, 2.45) is 11.7 Å². The molecule has 0 saturated heterocycles. The van der Waals surface area contributed by atoms with Crippen molar-refractivity contribution < 1.29 is 0 Å². The molecule has 2 N–H and O–H groups in total. The van der Waals surface area contributed by atoms with Crippen molar-refractivity contribution in [3.8, 4) is 0 Å². The Morgan fingerprint density at radius 3 is 2.75 bits per heavy atom. The Morgan fingerprint density at radius 2 is 2.15 bits per heavy atom. The van der Waals surface area contributed by atoms with E-state index in [-0.39, 0.29) is 6.04 Å². The number of rotatable bonds is 5. The number of imidazole rings is 1. The summed E-state index contributed by atoms with van der Waals surface area (Å²) in [6.45, 7) is 11.1. The molecule has 0 fully saturated rings. The third-order valence-electron chi connectivity index (χ3n) is 3.22. The molecular formula is C16H22ClN3. The standard InChI is InChI=1S/C16H22ClN3/c1-10(2)7-13(18)16-19-14-8-12(17)5-6-15(14)20(16)9-11(3)4/h5-6,8,10,13H,3,7,9,18H2,1-2,4H3. The van der Waals surface area contributed by atoms with Crippen LogP contribution in [0.3, 0.4) is 0 Å². The molecule has 3 nitrogen and oxygen atoms in total. The summed E-state index contributed by atoms with van der Waals surface area (Å²) in [4.78, 5) is 4.69. The largest absolute Gasteiger partial charge is 0.323 e. The summed E-state index contributed by atoms with van der Waals surface area (Å²) in [7, 11) is 0. The Hall–Kier alpha value is -1.32. The van der Waals surface area contributed by atoms with Gasteiger partial charge in [-0.1, -0.05) is 37.6 Å². The topological polar surface area (TPSA) is 43.8 Å². The first-order chi connectivity index (χ1) is 9.38. The molecule has 0 aliphatic carbocycles. The molecule has 4 heteroatoms. The maximum Gasteiger partial charge on any atom is 0.127 e. The Morgan fingerprint density at radius 1 is 1.45 bits per heavy atom. The van der Waals surface area contributed by atoms with Crippen molar-refractivity contribution >= 4 is 22.6 Å². The number of hydrogen-bond donors (Lipinski definition) is 1. The van der Waals surface area contributed by atoms with Gasteiger partial charge in [0.15, 0.2) is 0 Å². The summed E-state index contributed by atoms with van der Waals surface area (Å²) in [5.74, 6) is 1.45. The lowest BCUT2D eigenvalue weighted by Gasteiger charge is -2.16. The highest BCUT2D eigenvalue weighted by atomic mass is 35.5. The lowest BCUT2D eigenvalue weighted by atomic mass is 10.0. The summed E-state index contributed by atoms with van der Waals surface area (Å²) in [5, 5.41) is 0.696. The van der Waals surface area contributed by atoms with Crippen molar-refractivity contribution in [2.45, 2.75) is 39.8 Å². The van der Waals surface area contributed by atoms with Crippen LogP contribution in [-0.4, -0.2) is 9.55 Å². The highest BCUT2D eigenvalue weighted by molar-refractivity contribution is 6.31. The van der Waals surface area contributed by atoms with Gasteiger partial charge < -0.3 is 10.3 Å². The van der Waals surface area contributed by atoms with Crippen LogP contribution in [-0.2, 0) is 6.54 Å². The van der Waals surface area contributed by atoms with Crippen LogP contribution in [0.4, 0.5) is 0 Å². The van der Waals surface area contributed by atoms with E-state index in [9.17, 15) is 0 Å². The van der Waals surface area contributed by atoms with Gasteiger partial charge >= 0.3 is 0 Å². The zero-order chi connectivity index (χ0) is 14.9. The van der Waals surface area contributed by atoms with E-state index < -0.39 is 0 Å². The first kappa shape index (κ1) is 15.1. The molecule has 1 aromatic heterocycles. The fourth-order valence-electron chi connectivity index (χ4n) is 2.45. The van der Waals surface area contributed by atoms with E-state index in [1.807, 2.05) is 25.1 Å². The molecule has 1 atom stereocenters. The predicted molar refractivity (Wildman–Crippen MR) is 85.9 cm³/mol. The molecule has 0 radical (unpaired) electrons. The summed E-state index contributed by atoms with van der Waals surface area (Å²) < 4.78 is 2.15. The minimum atomic E-state index is -0.0690. The Balaban J connectivity index is 2.53. The average molecular weight is 292 g/mol. The number of hydrogen-bond acceptors (Lipinski definition) is 2. The third kappa shape index (κ3) is 3.22. The van der Waals surface area contributed by atoms with Crippen molar-refractivity contribution in [1.82, 2.24) is 9.55 Å². The van der Waals surface area contributed by atoms with Crippen LogP contribution in [0.25, 0.3) is 11.0 Å². The predicted octanol–water partition coefficient (Wildman–Crippen LogP) is 4.31. The molecule has 2 rings (SSSR count). The minimum Gasteiger partial charge on any atom is -0.323 e. The second-order valence-electron chi connectivity index (χ2n) is 5.88. The third-order valence-corrected chi connectivity index (χ3v) is 3.46. The molecule has 0 spiro atoms. The van der Waals surface area contributed by atoms with Crippen LogP contribution in [0.15, 0.2) is 30.4 Å². The SMILES string of the molecule is C=C(C)Cn1c(C(N)CC(C)C)nc2cc(Cl)ccc21. The van der Waals surface area contributed by atoms with E-state index >= 15 is 0 Å². The van der Waals surface area contributed by atoms with Crippen LogP contribution in [0, 0.1) is 5.92 Å². The maximum absolute atomic E-state index is 6.33. The van der Waals surface area contributed by atoms with Crippen molar-refractivity contribution in [3.63, 3.8) is 0 Å². The van der Waals surface area contributed by atoms with Crippen LogP contribution < -0.4 is 5.73 Å². The van der Waals surface area contributed by atoms with Gasteiger partial charge in [0.1, 0.15) is 5.82 Å². The van der Waals surface area contributed by atoms with Gasteiger partial charge in [-0.05, 0) is 37.5 Å². The summed E-state index contributed by atoms with van der Waals surface area (Å²) in [6.07, 6.45) is 0.910. The van der Waals surface area contributed by atoms with Gasteiger partial charge in [0.2, 0.25) is 0 Å². The molecule has 0 saturated carbocycles. The quantitative estimate of drug-likeness (QED) is 0.834. The number of halogens is 1. The number of aromatic nitrogens is 2. The van der Waals surface area contributed by atoms with Gasteiger partial charge in [-0.2, -0.15) is 0 Å². The van der Waals surface area contributed by atoms with Crippen molar-refractivity contribution in [3.05, 3.63) is 41.2 Å². The fourth-order valence-corrected chi connectivity index (χ4v) is 2.62. The van der Waals surface area contributed by atoms with Crippen LogP contribution in [0.5, 0.6) is 0 Å². The average Bonchev–Trinajstić information content (AvgIpc) is 2.65. The van der Waals surface area contributed by atoms with Gasteiger partial charge in [0.25, 0.3) is 0 Å². The van der Waals surface area contributed by atoms with Gasteiger partial charge in [-0.3, -0.25) is 0 Å². The van der Waals surface area contributed by atoms with Gasteiger partial charge in [-0.25, -0.2) is 4.98 Å². The number of benzene rings is 1. The Bertz CT molecular complexity index is 628. The summed E-state index contributed by atoms with van der Waals surface area (Å²) in [6, 6.07) is 5.70. The maximum atomic E-state index is 6.33. The van der Waals surface area contributed by atoms with Gasteiger partial charge in [0.05, 0.1) is 17.1 Å². The van der Waals surface area contributed by atoms with E-state index in [2.05, 4.69) is 25.0 Å². The number of fused-ring (bicyclic) bond motifs is 1. The molecule has 108 valence electrons. The second kappa shape index (κ2) is 5.98. The van der Waals surface area contributed by atoms with E-state index in [0.29, 0.717) is 10.9 Å². The molecule has 1 heterocycles. The Labute approximate surface area is 125 Å². The summed E-state index contributed by atoms with van der Waals surface area (Å²) in [5.41, 5.74) is 9.37. The van der Waals surface area contributed by atoms with Crippen molar-refractivity contribution in [1.29, 1.82) is 0 Å². The molecule has 0 amide bonds. The first-order valence-electron chi connectivity index (χ1n) is 6.94. The molecule has 0 aliphatic heterocycles. The van der Waals surface area contributed by atoms with E-state index in [0.717, 1.165) is 35.4 Å². The molecule has 1 unspecified atom stereocenters. The molecule has 2 aromatic rings. The second-order valence-corrected chi connectivity index (χ2v) is 6.32. The fraction of sp³-hybridized carbons (Fsp3) is 0.438. The molecule has 0 bridgehead atoms. The number of allylic oxidation sites excluding steroid dienone is 1. The lowest BCUT2D eigenvalue weighted by molar-refractivity contribution is 0.481. The molecule has 1 aromatic carbocycles.